The average molecular weight is 206 g/mol. The summed E-state index contributed by atoms with van der Waals surface area (Å²) in [5.41, 5.74) is 1.20. The van der Waals surface area contributed by atoms with Crippen molar-refractivity contribution in [2.45, 2.75) is 6.92 Å². The van der Waals surface area contributed by atoms with Crippen LogP contribution in [0.5, 0.6) is 0 Å². The van der Waals surface area contributed by atoms with Crippen LogP contribution in [0.15, 0.2) is 30.0 Å². The number of allylic oxidation sites excluding steroid dienone is 1. The summed E-state index contributed by atoms with van der Waals surface area (Å²) >= 11 is 1.68. The summed E-state index contributed by atoms with van der Waals surface area (Å²) in [5.74, 6) is 0.340. The van der Waals surface area contributed by atoms with Gasteiger partial charge in [0.1, 0.15) is 11.7 Å². The Morgan fingerprint density at radius 3 is 2.79 bits per heavy atom. The molecule has 1 aromatic heterocycles. The number of rotatable bonds is 1. The van der Waals surface area contributed by atoms with Gasteiger partial charge in [0.15, 0.2) is 0 Å². The van der Waals surface area contributed by atoms with Gasteiger partial charge in [0.25, 0.3) is 5.01 Å². The maximum atomic E-state index is 9.21. The average Bonchev–Trinajstić information content (AvgIpc) is 2.44. The van der Waals surface area contributed by atoms with Crippen molar-refractivity contribution in [1.82, 2.24) is 0 Å². The summed E-state index contributed by atoms with van der Waals surface area (Å²) in [4.78, 5) is 0. The molecule has 3 heteroatoms. The Balaban J connectivity index is 2.69. The molecule has 1 aromatic carbocycles. The van der Waals surface area contributed by atoms with E-state index in [0.29, 0.717) is 5.76 Å². The van der Waals surface area contributed by atoms with Crippen LogP contribution in [-0.2, 0) is 7.05 Å². The fraction of sp³-hybridized carbons (Fsp3) is 0.182. The fourth-order valence-electron chi connectivity index (χ4n) is 1.43. The summed E-state index contributed by atoms with van der Waals surface area (Å²) in [7, 11) is 2.01. The van der Waals surface area contributed by atoms with Crippen molar-refractivity contribution < 1.29 is 9.67 Å². The quantitative estimate of drug-likeness (QED) is 0.563. The van der Waals surface area contributed by atoms with E-state index >= 15 is 0 Å². The molecule has 2 rings (SSSR count). The number of benzene rings is 1. The smallest absolute Gasteiger partial charge is 0.265 e. The molecular formula is C11H12NOS+. The summed E-state index contributed by atoms with van der Waals surface area (Å²) in [5, 5.41) is 10.3. The van der Waals surface area contributed by atoms with Crippen LogP contribution in [0.3, 0.4) is 0 Å². The van der Waals surface area contributed by atoms with E-state index in [1.807, 2.05) is 19.2 Å². The maximum absolute atomic E-state index is 9.21. The second kappa shape index (κ2) is 3.42. The van der Waals surface area contributed by atoms with Gasteiger partial charge in [-0.25, -0.2) is 0 Å². The number of aryl methyl sites for hydroxylation is 1. The van der Waals surface area contributed by atoms with Gasteiger partial charge in [-0.3, -0.25) is 0 Å². The molecule has 0 aliphatic carbocycles. The van der Waals surface area contributed by atoms with E-state index in [9.17, 15) is 5.11 Å². The molecule has 0 spiro atoms. The van der Waals surface area contributed by atoms with Crippen molar-refractivity contribution in [3.63, 3.8) is 0 Å². The fourth-order valence-corrected chi connectivity index (χ4v) is 2.57. The van der Waals surface area contributed by atoms with Crippen LogP contribution in [0.1, 0.15) is 11.9 Å². The lowest BCUT2D eigenvalue weighted by molar-refractivity contribution is -0.642. The highest BCUT2D eigenvalue weighted by Gasteiger charge is 2.13. The molecule has 2 nitrogen and oxygen atoms in total. The third kappa shape index (κ3) is 1.51. The summed E-state index contributed by atoms with van der Waals surface area (Å²) < 4.78 is 3.32. The standard InChI is InChI=1S/C11H11NOS/c1-8(13)7-11-12(2)9-5-3-4-6-10(9)14-11/h3-7H,1-2H3/p+1. The van der Waals surface area contributed by atoms with Crippen LogP contribution in [0.4, 0.5) is 0 Å². The van der Waals surface area contributed by atoms with Crippen LogP contribution in [0.25, 0.3) is 16.3 Å². The second-order valence-corrected chi connectivity index (χ2v) is 4.31. The molecule has 1 N–H and O–H groups in total. The topological polar surface area (TPSA) is 24.1 Å². The number of aromatic nitrogens is 1. The van der Waals surface area contributed by atoms with Gasteiger partial charge < -0.3 is 5.11 Å². The first-order chi connectivity index (χ1) is 6.68. The zero-order valence-corrected chi connectivity index (χ0v) is 9.01. The first kappa shape index (κ1) is 9.21. The molecule has 0 saturated carbocycles. The first-order valence-electron chi connectivity index (χ1n) is 4.43. The third-order valence-corrected chi connectivity index (χ3v) is 3.27. The Bertz CT molecular complexity index is 495. The van der Waals surface area contributed by atoms with Crippen LogP contribution in [-0.4, -0.2) is 5.11 Å². The highest BCUT2D eigenvalue weighted by Crippen LogP contribution is 2.20. The van der Waals surface area contributed by atoms with E-state index in [0.717, 1.165) is 5.01 Å². The number of nitrogens with zero attached hydrogens (tertiary/aromatic N) is 1. The molecule has 2 aromatic rings. The number of hydrogen-bond donors (Lipinski definition) is 1. The molecule has 0 amide bonds. The van der Waals surface area contributed by atoms with Crippen molar-refractivity contribution in [3.8, 4) is 0 Å². The monoisotopic (exact) mass is 206 g/mol. The highest BCUT2D eigenvalue weighted by molar-refractivity contribution is 7.18. The van der Waals surface area contributed by atoms with E-state index in [2.05, 4.69) is 16.7 Å². The van der Waals surface area contributed by atoms with E-state index in [-0.39, 0.29) is 0 Å². The Labute approximate surface area is 86.7 Å². The Morgan fingerprint density at radius 1 is 1.43 bits per heavy atom. The molecule has 14 heavy (non-hydrogen) atoms. The van der Waals surface area contributed by atoms with Gasteiger partial charge in [0.05, 0.1) is 11.8 Å². The lowest BCUT2D eigenvalue weighted by Crippen LogP contribution is -2.28. The predicted octanol–water partition coefficient (Wildman–Crippen LogP) is 2.64. The van der Waals surface area contributed by atoms with E-state index in [1.54, 1.807) is 24.3 Å². The van der Waals surface area contributed by atoms with Gasteiger partial charge in [0, 0.05) is 6.07 Å². The van der Waals surface area contributed by atoms with E-state index in [1.165, 1.54) is 10.2 Å². The minimum atomic E-state index is 0.340. The van der Waals surface area contributed by atoms with Gasteiger partial charge in [-0.05, 0) is 13.0 Å². The number of aliphatic hydroxyl groups is 1. The molecule has 0 bridgehead atoms. The van der Waals surface area contributed by atoms with Crippen molar-refractivity contribution >= 4 is 27.6 Å². The van der Waals surface area contributed by atoms with Crippen molar-refractivity contribution in [2.24, 2.45) is 7.05 Å². The normalized spacial score (nSPS) is 12.3. The summed E-state index contributed by atoms with van der Waals surface area (Å²) in [6, 6.07) is 8.21. The zero-order chi connectivity index (χ0) is 10.1. The highest BCUT2D eigenvalue weighted by atomic mass is 32.1. The molecule has 0 radical (unpaired) electrons. The Hall–Kier alpha value is -1.35. The Kier molecular flexibility index (Phi) is 2.25. The molecule has 0 saturated heterocycles. The second-order valence-electron chi connectivity index (χ2n) is 3.25. The lowest BCUT2D eigenvalue weighted by atomic mass is 10.3. The van der Waals surface area contributed by atoms with Gasteiger partial charge in [0.2, 0.25) is 5.52 Å². The molecule has 1 heterocycles. The van der Waals surface area contributed by atoms with Crippen LogP contribution in [0.2, 0.25) is 0 Å². The minimum Gasteiger partial charge on any atom is -0.512 e. The summed E-state index contributed by atoms with van der Waals surface area (Å²) in [6.45, 7) is 1.68. The molecular weight excluding hydrogens is 194 g/mol. The van der Waals surface area contributed by atoms with Crippen LogP contribution >= 0.6 is 11.3 Å². The number of fused-ring (bicyclic) bond motifs is 1. The number of thiazole rings is 1. The Morgan fingerprint density at radius 2 is 2.14 bits per heavy atom. The largest absolute Gasteiger partial charge is 0.512 e. The molecule has 0 aliphatic rings. The van der Waals surface area contributed by atoms with Crippen LogP contribution < -0.4 is 4.57 Å². The van der Waals surface area contributed by atoms with Crippen LogP contribution in [0, 0.1) is 0 Å². The number of hydrogen-bond acceptors (Lipinski definition) is 2. The van der Waals surface area contributed by atoms with Gasteiger partial charge in [-0.2, -0.15) is 4.57 Å². The van der Waals surface area contributed by atoms with Gasteiger partial charge >= 0.3 is 0 Å². The maximum Gasteiger partial charge on any atom is 0.265 e. The number of para-hydroxylation sites is 1. The van der Waals surface area contributed by atoms with Gasteiger partial charge in [-0.15, -0.1) is 0 Å². The number of aliphatic hydroxyl groups excluding tert-OH is 1. The molecule has 0 unspecified atom stereocenters. The molecule has 0 fully saturated rings. The first-order valence-corrected chi connectivity index (χ1v) is 5.25. The SMILES string of the molecule is CC(O)=Cc1sc2ccccc2[n+]1C. The lowest BCUT2D eigenvalue weighted by Gasteiger charge is -1.86. The molecule has 0 aliphatic heterocycles. The summed E-state index contributed by atoms with van der Waals surface area (Å²) in [6.07, 6.45) is 1.78. The van der Waals surface area contributed by atoms with Crippen molar-refractivity contribution in [3.05, 3.63) is 35.0 Å². The zero-order valence-electron chi connectivity index (χ0n) is 8.19. The van der Waals surface area contributed by atoms with Gasteiger partial charge in [-0.1, -0.05) is 23.5 Å². The minimum absolute atomic E-state index is 0.340. The molecule has 0 atom stereocenters. The van der Waals surface area contributed by atoms with Crippen molar-refractivity contribution in [1.29, 1.82) is 0 Å². The third-order valence-electron chi connectivity index (χ3n) is 2.10. The molecule has 72 valence electrons. The van der Waals surface area contributed by atoms with E-state index in [4.69, 9.17) is 0 Å². The predicted molar refractivity (Wildman–Crippen MR) is 59.3 cm³/mol. The van der Waals surface area contributed by atoms with Crippen molar-refractivity contribution in [2.75, 3.05) is 0 Å². The van der Waals surface area contributed by atoms with E-state index < -0.39 is 0 Å².